The van der Waals surface area contributed by atoms with Crippen LogP contribution in [-0.4, -0.2) is 13.4 Å². The van der Waals surface area contributed by atoms with Crippen molar-refractivity contribution in [2.45, 2.75) is 6.61 Å². The van der Waals surface area contributed by atoms with E-state index in [0.29, 0.717) is 23.2 Å². The van der Waals surface area contributed by atoms with Crippen LogP contribution in [0, 0.1) is 5.82 Å². The van der Waals surface area contributed by atoms with Gasteiger partial charge in [-0.3, -0.25) is 4.79 Å². The molecule has 0 heterocycles. The minimum Gasteiger partial charge on any atom is -0.493 e. The monoisotopic (exact) mass is 328 g/mol. The first kappa shape index (κ1) is 15.6. The molecule has 110 valence electrons. The fourth-order valence-electron chi connectivity index (χ4n) is 1.76. The van der Waals surface area contributed by atoms with Gasteiger partial charge in [-0.05, 0) is 18.2 Å². The Bertz CT molecular complexity index is 674. The summed E-state index contributed by atoms with van der Waals surface area (Å²) in [6.45, 7) is 0.0209. The van der Waals surface area contributed by atoms with Crippen LogP contribution in [0.1, 0.15) is 15.9 Å². The first-order valence-electron chi connectivity index (χ1n) is 5.95. The lowest BCUT2D eigenvalue weighted by Crippen LogP contribution is -2.00. The minimum atomic E-state index is -0.521. The van der Waals surface area contributed by atoms with Crippen molar-refractivity contribution in [3.63, 3.8) is 0 Å². The number of halogens is 3. The zero-order valence-corrected chi connectivity index (χ0v) is 12.5. The molecule has 0 unspecified atom stereocenters. The van der Waals surface area contributed by atoms with Gasteiger partial charge in [0, 0.05) is 11.1 Å². The molecule has 0 radical (unpaired) electrons. The lowest BCUT2D eigenvalue weighted by molar-refractivity contribution is 0.112. The molecule has 2 rings (SSSR count). The topological polar surface area (TPSA) is 35.5 Å². The van der Waals surface area contributed by atoms with Crippen LogP contribution in [0.2, 0.25) is 10.0 Å². The third-order valence-electron chi connectivity index (χ3n) is 2.79. The molecule has 0 aliphatic rings. The van der Waals surface area contributed by atoms with E-state index >= 15 is 0 Å². The molecule has 0 fully saturated rings. The van der Waals surface area contributed by atoms with Gasteiger partial charge in [0.1, 0.15) is 18.7 Å². The van der Waals surface area contributed by atoms with E-state index in [2.05, 4.69) is 0 Å². The van der Waals surface area contributed by atoms with Crippen LogP contribution in [0.4, 0.5) is 4.39 Å². The van der Waals surface area contributed by atoms with Crippen molar-refractivity contribution < 1.29 is 18.7 Å². The highest BCUT2D eigenvalue weighted by Gasteiger charge is 2.13. The molecule has 0 aliphatic heterocycles. The Labute approximate surface area is 131 Å². The first-order valence-corrected chi connectivity index (χ1v) is 6.70. The molecule has 0 saturated heterocycles. The fraction of sp³-hybridized carbons (Fsp3) is 0.133. The number of ether oxygens (including phenoxy) is 2. The van der Waals surface area contributed by atoms with Crippen LogP contribution in [0.15, 0.2) is 30.3 Å². The number of hydrogen-bond donors (Lipinski definition) is 0. The van der Waals surface area contributed by atoms with E-state index in [4.69, 9.17) is 32.7 Å². The molecule has 0 atom stereocenters. The maximum Gasteiger partial charge on any atom is 0.180 e. The van der Waals surface area contributed by atoms with Gasteiger partial charge in [0.05, 0.1) is 17.2 Å². The zero-order chi connectivity index (χ0) is 15.4. The number of carbonyl (C=O) groups excluding carboxylic acids is 1. The SMILES string of the molecule is COc1cc(C=O)cc(Cl)c1OCc1cccc(F)c1Cl. The number of carbonyl (C=O) groups is 1. The zero-order valence-electron chi connectivity index (χ0n) is 11.0. The molecular formula is C15H11Cl2FO3. The quantitative estimate of drug-likeness (QED) is 0.756. The van der Waals surface area contributed by atoms with Gasteiger partial charge < -0.3 is 9.47 Å². The Kier molecular flexibility index (Phi) is 5.04. The average molecular weight is 329 g/mol. The van der Waals surface area contributed by atoms with Crippen molar-refractivity contribution in [3.05, 3.63) is 57.3 Å². The van der Waals surface area contributed by atoms with E-state index < -0.39 is 5.82 Å². The lowest BCUT2D eigenvalue weighted by atomic mass is 10.2. The average Bonchev–Trinajstić information content (AvgIpc) is 2.49. The number of benzene rings is 2. The Morgan fingerprint density at radius 3 is 2.71 bits per heavy atom. The summed E-state index contributed by atoms with van der Waals surface area (Å²) in [6, 6.07) is 7.40. The summed E-state index contributed by atoms with van der Waals surface area (Å²) in [5, 5.41) is 0.223. The molecule has 0 amide bonds. The third-order valence-corrected chi connectivity index (χ3v) is 3.50. The molecule has 0 aromatic heterocycles. The predicted octanol–water partition coefficient (Wildman–Crippen LogP) is 4.53. The van der Waals surface area contributed by atoms with Gasteiger partial charge in [-0.2, -0.15) is 0 Å². The van der Waals surface area contributed by atoms with Gasteiger partial charge >= 0.3 is 0 Å². The van der Waals surface area contributed by atoms with Crippen molar-refractivity contribution in [2.24, 2.45) is 0 Å². The van der Waals surface area contributed by atoms with E-state index in [0.717, 1.165) is 0 Å². The normalized spacial score (nSPS) is 10.3. The number of rotatable bonds is 5. The highest BCUT2D eigenvalue weighted by atomic mass is 35.5. The molecule has 6 heteroatoms. The summed E-state index contributed by atoms with van der Waals surface area (Å²) in [7, 11) is 1.43. The standard InChI is InChI=1S/C15H11Cl2FO3/c1-20-13-6-9(7-19)5-11(16)15(13)21-8-10-3-2-4-12(18)14(10)17/h2-7H,8H2,1H3. The van der Waals surface area contributed by atoms with Crippen LogP contribution in [0.25, 0.3) is 0 Å². The lowest BCUT2D eigenvalue weighted by Gasteiger charge is -2.13. The van der Waals surface area contributed by atoms with Gasteiger partial charge in [-0.15, -0.1) is 0 Å². The van der Waals surface area contributed by atoms with Crippen LogP contribution < -0.4 is 9.47 Å². The van der Waals surface area contributed by atoms with Crippen molar-refractivity contribution in [1.82, 2.24) is 0 Å². The van der Waals surface area contributed by atoms with E-state index in [1.54, 1.807) is 6.07 Å². The van der Waals surface area contributed by atoms with Crippen LogP contribution >= 0.6 is 23.2 Å². The second-order valence-corrected chi connectivity index (χ2v) is 4.94. The number of methoxy groups -OCH3 is 1. The fourth-order valence-corrected chi connectivity index (χ4v) is 2.21. The molecule has 2 aromatic rings. The van der Waals surface area contributed by atoms with Crippen LogP contribution in [-0.2, 0) is 6.61 Å². The van der Waals surface area contributed by atoms with Crippen molar-refractivity contribution >= 4 is 29.5 Å². The van der Waals surface area contributed by atoms with E-state index in [1.807, 2.05) is 0 Å². The molecule has 0 spiro atoms. The largest absolute Gasteiger partial charge is 0.493 e. The second kappa shape index (κ2) is 6.78. The summed E-state index contributed by atoms with van der Waals surface area (Å²) in [5.41, 5.74) is 0.849. The predicted molar refractivity (Wildman–Crippen MR) is 79.1 cm³/mol. The smallest absolute Gasteiger partial charge is 0.180 e. The first-order chi connectivity index (χ1) is 10.1. The molecule has 0 bridgehead atoms. The summed E-state index contributed by atoms with van der Waals surface area (Å²) >= 11 is 11.9. The second-order valence-electron chi connectivity index (χ2n) is 4.15. The molecule has 3 nitrogen and oxygen atoms in total. The molecule has 0 N–H and O–H groups in total. The van der Waals surface area contributed by atoms with Crippen LogP contribution in [0.5, 0.6) is 11.5 Å². The Balaban J connectivity index is 2.27. The summed E-state index contributed by atoms with van der Waals surface area (Å²) in [5.74, 6) is 0.0642. The molecular weight excluding hydrogens is 318 g/mol. The maximum absolute atomic E-state index is 13.4. The van der Waals surface area contributed by atoms with Crippen molar-refractivity contribution in [2.75, 3.05) is 7.11 Å². The highest BCUT2D eigenvalue weighted by molar-refractivity contribution is 6.32. The minimum absolute atomic E-state index is 0.00268. The number of hydrogen-bond acceptors (Lipinski definition) is 3. The Morgan fingerprint density at radius 1 is 1.29 bits per heavy atom. The van der Waals surface area contributed by atoms with Crippen molar-refractivity contribution in [1.29, 1.82) is 0 Å². The summed E-state index contributed by atoms with van der Waals surface area (Å²) in [4.78, 5) is 10.8. The van der Waals surface area contributed by atoms with Gasteiger partial charge in [-0.1, -0.05) is 35.3 Å². The highest BCUT2D eigenvalue weighted by Crippen LogP contribution is 2.37. The molecule has 2 aromatic carbocycles. The van der Waals surface area contributed by atoms with Gasteiger partial charge in [-0.25, -0.2) is 4.39 Å². The number of aldehydes is 1. The van der Waals surface area contributed by atoms with E-state index in [-0.39, 0.29) is 22.4 Å². The van der Waals surface area contributed by atoms with Crippen molar-refractivity contribution in [3.8, 4) is 11.5 Å². The maximum atomic E-state index is 13.4. The molecule has 0 saturated carbocycles. The summed E-state index contributed by atoms with van der Waals surface area (Å²) < 4.78 is 24.0. The van der Waals surface area contributed by atoms with Gasteiger partial charge in [0.15, 0.2) is 11.5 Å². The molecule has 21 heavy (non-hydrogen) atoms. The Morgan fingerprint density at radius 2 is 2.05 bits per heavy atom. The Hall–Kier alpha value is -1.78. The van der Waals surface area contributed by atoms with Crippen LogP contribution in [0.3, 0.4) is 0 Å². The van der Waals surface area contributed by atoms with Gasteiger partial charge in [0.2, 0.25) is 0 Å². The van der Waals surface area contributed by atoms with Gasteiger partial charge in [0.25, 0.3) is 0 Å². The third kappa shape index (κ3) is 3.46. The van der Waals surface area contributed by atoms with E-state index in [1.165, 1.54) is 31.4 Å². The molecule has 0 aliphatic carbocycles. The van der Waals surface area contributed by atoms with E-state index in [9.17, 15) is 9.18 Å². The summed E-state index contributed by atoms with van der Waals surface area (Å²) in [6.07, 6.45) is 0.654.